The number of halogens is 3. The summed E-state index contributed by atoms with van der Waals surface area (Å²) in [5.41, 5.74) is -4.02. The van der Waals surface area contributed by atoms with Gasteiger partial charge in [0.1, 0.15) is 11.5 Å². The second-order valence-electron chi connectivity index (χ2n) is 6.07. The average molecular weight is 436 g/mol. The topological polar surface area (TPSA) is 118 Å². The number of nitrogens with one attached hydrogen (secondary N) is 1. The van der Waals surface area contributed by atoms with E-state index in [0.717, 1.165) is 24.6 Å². The molecule has 1 aromatic heterocycles. The zero-order valence-electron chi connectivity index (χ0n) is 15.3. The molecule has 0 aromatic carbocycles. The van der Waals surface area contributed by atoms with Gasteiger partial charge in [-0.25, -0.2) is 4.99 Å². The zero-order valence-corrected chi connectivity index (χ0v) is 16.1. The number of unbranched alkanes of at least 4 members (excludes halogenated alkanes) is 2. The Morgan fingerprint density at radius 2 is 2.00 bits per heavy atom. The lowest BCUT2D eigenvalue weighted by atomic mass is 10.1. The molecule has 0 bridgehead atoms. The first-order chi connectivity index (χ1) is 13.5. The minimum absolute atomic E-state index is 0.0437. The van der Waals surface area contributed by atoms with Crippen LogP contribution >= 0.6 is 0 Å². The van der Waals surface area contributed by atoms with E-state index in [1.807, 2.05) is 6.07 Å². The standard InChI is InChI=1S/C17H19F3N2O6S/c1-27-14-10-15(28-29(25,26)17(18,19)20)22-13(14)9-12-8-7-11(21-12)5-3-2-4-6-16(23)24/h7-10,21H,2-6H2,1H3,(H,23,24)/b13-9-. The number of alkyl halides is 3. The first-order valence-electron chi connectivity index (χ1n) is 8.49. The maximum atomic E-state index is 12.4. The number of aryl methyl sites for hydroxylation is 1. The summed E-state index contributed by atoms with van der Waals surface area (Å²) in [5, 5.41) is 8.60. The van der Waals surface area contributed by atoms with Gasteiger partial charge in [-0.15, -0.1) is 0 Å². The number of carboxylic acids is 1. The first kappa shape index (κ1) is 22.5. The number of rotatable bonds is 9. The van der Waals surface area contributed by atoms with Crippen LogP contribution in [0.1, 0.15) is 37.1 Å². The van der Waals surface area contributed by atoms with Crippen molar-refractivity contribution in [2.45, 2.75) is 37.6 Å². The summed E-state index contributed by atoms with van der Waals surface area (Å²) in [7, 11) is -4.57. The van der Waals surface area contributed by atoms with E-state index in [-0.39, 0.29) is 17.9 Å². The molecule has 0 fully saturated rings. The van der Waals surface area contributed by atoms with Crippen molar-refractivity contribution in [3.8, 4) is 0 Å². The van der Waals surface area contributed by atoms with Crippen LogP contribution in [0.5, 0.6) is 0 Å². The molecule has 2 heterocycles. The van der Waals surface area contributed by atoms with Crippen LogP contribution in [0.2, 0.25) is 0 Å². The monoisotopic (exact) mass is 436 g/mol. The molecule has 1 aliphatic rings. The van der Waals surface area contributed by atoms with Gasteiger partial charge in [-0.05, 0) is 37.5 Å². The Balaban J connectivity index is 2.04. The smallest absolute Gasteiger partial charge is 0.494 e. The van der Waals surface area contributed by atoms with E-state index in [4.69, 9.17) is 9.84 Å². The largest absolute Gasteiger partial charge is 0.534 e. The third-order valence-electron chi connectivity index (χ3n) is 3.83. The van der Waals surface area contributed by atoms with Gasteiger partial charge < -0.3 is 19.0 Å². The fourth-order valence-corrected chi connectivity index (χ4v) is 2.87. The highest BCUT2D eigenvalue weighted by molar-refractivity contribution is 7.88. The number of nitrogens with zero attached hydrogens (tertiary/aromatic N) is 1. The van der Waals surface area contributed by atoms with Crippen LogP contribution in [0.15, 0.2) is 34.7 Å². The summed E-state index contributed by atoms with van der Waals surface area (Å²) in [6.45, 7) is 0. The molecule has 8 nitrogen and oxygen atoms in total. The normalized spacial score (nSPS) is 15.9. The van der Waals surface area contributed by atoms with E-state index in [1.54, 1.807) is 6.07 Å². The van der Waals surface area contributed by atoms with E-state index in [1.165, 1.54) is 13.2 Å². The molecule has 0 aliphatic carbocycles. The summed E-state index contributed by atoms with van der Waals surface area (Å²) in [6.07, 6.45) is 5.38. The fourth-order valence-electron chi connectivity index (χ4n) is 2.47. The number of ether oxygens (including phenoxy) is 1. The predicted molar refractivity (Wildman–Crippen MR) is 97.2 cm³/mol. The van der Waals surface area contributed by atoms with Crippen LogP contribution in [-0.2, 0) is 30.3 Å². The zero-order chi connectivity index (χ0) is 21.7. The Morgan fingerprint density at radius 1 is 1.28 bits per heavy atom. The number of aliphatic imine (C=N–C) groups is 1. The lowest BCUT2D eigenvalue weighted by molar-refractivity contribution is -0.137. The van der Waals surface area contributed by atoms with Crippen molar-refractivity contribution in [3.63, 3.8) is 0 Å². The fraction of sp³-hybridized carbons (Fsp3) is 0.412. The predicted octanol–water partition coefficient (Wildman–Crippen LogP) is 3.35. The van der Waals surface area contributed by atoms with Crippen molar-refractivity contribution in [2.75, 3.05) is 7.11 Å². The Hall–Kier alpha value is -2.76. The number of aliphatic carboxylic acids is 1. The van der Waals surface area contributed by atoms with Gasteiger partial charge in [0.05, 0.1) is 7.11 Å². The van der Waals surface area contributed by atoms with Crippen LogP contribution in [0.3, 0.4) is 0 Å². The van der Waals surface area contributed by atoms with Crippen LogP contribution in [-0.4, -0.2) is 43.0 Å². The summed E-state index contributed by atoms with van der Waals surface area (Å²) in [5.74, 6) is -1.54. The number of aromatic amines is 1. The molecule has 0 radical (unpaired) electrons. The molecular formula is C17H19F3N2O6S. The molecule has 0 saturated carbocycles. The molecule has 1 aromatic rings. The molecular weight excluding hydrogens is 417 g/mol. The molecule has 160 valence electrons. The molecule has 2 N–H and O–H groups in total. The molecule has 2 rings (SSSR count). The van der Waals surface area contributed by atoms with E-state index in [9.17, 15) is 26.4 Å². The van der Waals surface area contributed by atoms with Gasteiger partial charge >= 0.3 is 21.6 Å². The average Bonchev–Trinajstić information content (AvgIpc) is 3.19. The number of methoxy groups -OCH3 is 1. The molecule has 0 saturated heterocycles. The maximum Gasteiger partial charge on any atom is 0.534 e. The van der Waals surface area contributed by atoms with E-state index in [2.05, 4.69) is 14.2 Å². The second-order valence-corrected chi connectivity index (χ2v) is 7.61. The van der Waals surface area contributed by atoms with Gasteiger partial charge in [-0.3, -0.25) is 4.79 Å². The first-order valence-corrected chi connectivity index (χ1v) is 9.89. The third kappa shape index (κ3) is 6.38. The lowest BCUT2D eigenvalue weighted by Crippen LogP contribution is -2.27. The molecule has 1 aliphatic heterocycles. The van der Waals surface area contributed by atoms with Crippen LogP contribution in [0.25, 0.3) is 6.08 Å². The quantitative estimate of drug-likeness (QED) is 0.348. The van der Waals surface area contributed by atoms with Crippen molar-refractivity contribution >= 4 is 28.1 Å². The number of hydrogen-bond acceptors (Lipinski definition) is 6. The Morgan fingerprint density at radius 3 is 2.62 bits per heavy atom. The van der Waals surface area contributed by atoms with Gasteiger partial charge in [0.25, 0.3) is 0 Å². The summed E-state index contributed by atoms with van der Waals surface area (Å²) in [4.78, 5) is 17.3. The van der Waals surface area contributed by atoms with Crippen molar-refractivity contribution in [1.82, 2.24) is 4.98 Å². The molecule has 0 unspecified atom stereocenters. The van der Waals surface area contributed by atoms with E-state index >= 15 is 0 Å². The highest BCUT2D eigenvalue weighted by atomic mass is 32.2. The second kappa shape index (κ2) is 9.16. The summed E-state index contributed by atoms with van der Waals surface area (Å²) >= 11 is 0. The summed E-state index contributed by atoms with van der Waals surface area (Å²) < 4.78 is 68.5. The summed E-state index contributed by atoms with van der Waals surface area (Å²) in [6, 6.07) is 3.53. The van der Waals surface area contributed by atoms with Crippen molar-refractivity contribution < 1.29 is 40.4 Å². The van der Waals surface area contributed by atoms with Crippen LogP contribution < -0.4 is 0 Å². The Labute approximate surface area is 164 Å². The van der Waals surface area contributed by atoms with Crippen molar-refractivity contribution in [2.24, 2.45) is 4.99 Å². The number of aromatic nitrogens is 1. The van der Waals surface area contributed by atoms with Gasteiger partial charge in [-0.1, -0.05) is 6.42 Å². The van der Waals surface area contributed by atoms with E-state index in [0.29, 0.717) is 18.5 Å². The van der Waals surface area contributed by atoms with E-state index < -0.39 is 27.5 Å². The molecule has 12 heteroatoms. The highest BCUT2D eigenvalue weighted by Gasteiger charge is 2.49. The van der Waals surface area contributed by atoms with Crippen molar-refractivity contribution in [1.29, 1.82) is 0 Å². The molecule has 0 atom stereocenters. The van der Waals surface area contributed by atoms with Crippen LogP contribution in [0.4, 0.5) is 13.2 Å². The van der Waals surface area contributed by atoms with Gasteiger partial charge in [0.2, 0.25) is 5.90 Å². The van der Waals surface area contributed by atoms with Gasteiger partial charge in [-0.2, -0.15) is 21.6 Å². The molecule has 29 heavy (non-hydrogen) atoms. The van der Waals surface area contributed by atoms with Crippen molar-refractivity contribution in [3.05, 3.63) is 41.1 Å². The van der Waals surface area contributed by atoms with Crippen LogP contribution in [0, 0.1) is 0 Å². The Bertz CT molecular complexity index is 945. The number of H-pyrrole nitrogens is 1. The highest BCUT2D eigenvalue weighted by Crippen LogP contribution is 2.28. The SMILES string of the molecule is COC1=CC(OS(=O)(=O)C(F)(F)F)=N/C1=C\c1ccc(CCCCCC(=O)O)[nH]1. The molecule has 0 spiro atoms. The third-order valence-corrected chi connectivity index (χ3v) is 4.79. The molecule has 0 amide bonds. The van der Waals surface area contributed by atoms with Gasteiger partial charge in [0.15, 0.2) is 0 Å². The van der Waals surface area contributed by atoms with Gasteiger partial charge in [0, 0.05) is 23.9 Å². The maximum absolute atomic E-state index is 12.4. The minimum Gasteiger partial charge on any atom is -0.494 e. The number of hydrogen-bond donors (Lipinski definition) is 2. The minimum atomic E-state index is -5.83. The lowest BCUT2D eigenvalue weighted by Gasteiger charge is -2.07. The Kier molecular flexibility index (Phi) is 7.11. The number of carbonyl (C=O) groups is 1. The number of carboxylic acid groups (broad SMARTS) is 1.